The summed E-state index contributed by atoms with van der Waals surface area (Å²) in [4.78, 5) is 14.4. The van der Waals surface area contributed by atoms with Crippen molar-refractivity contribution in [3.05, 3.63) is 84.1 Å². The standard InChI is InChI=1S/C26H22F3N5O2/c27-26(28,29)20-8-6-18(7-9-20)22-16-34(32-31-22)23-15-19(17-4-2-1-3-5-17)14-21(25(35)36)24(23)33-12-10-30-11-13-33/h1-9,14-16,30H,10-13H2,(H,35,36). The van der Waals surface area contributed by atoms with Crippen LogP contribution in [0.25, 0.3) is 28.1 Å². The van der Waals surface area contributed by atoms with Gasteiger partial charge in [-0.3, -0.25) is 0 Å². The number of benzene rings is 3. The minimum Gasteiger partial charge on any atom is -0.478 e. The number of rotatable bonds is 5. The van der Waals surface area contributed by atoms with Crippen molar-refractivity contribution in [2.45, 2.75) is 6.18 Å². The van der Waals surface area contributed by atoms with Crippen LogP contribution in [-0.4, -0.2) is 52.2 Å². The Kier molecular flexibility index (Phi) is 6.19. The molecule has 0 amide bonds. The molecule has 10 heteroatoms. The quantitative estimate of drug-likeness (QED) is 0.418. The van der Waals surface area contributed by atoms with Gasteiger partial charge in [0.05, 0.1) is 28.7 Å². The van der Waals surface area contributed by atoms with Gasteiger partial charge >= 0.3 is 12.1 Å². The highest BCUT2D eigenvalue weighted by Gasteiger charge is 2.30. The van der Waals surface area contributed by atoms with Gasteiger partial charge in [0.2, 0.25) is 0 Å². The first-order valence-electron chi connectivity index (χ1n) is 11.3. The van der Waals surface area contributed by atoms with E-state index in [2.05, 4.69) is 15.6 Å². The number of aromatic nitrogens is 3. The second-order valence-corrected chi connectivity index (χ2v) is 8.42. The van der Waals surface area contributed by atoms with Gasteiger partial charge in [-0.25, -0.2) is 9.48 Å². The summed E-state index contributed by atoms with van der Waals surface area (Å²) in [5.41, 5.74) is 2.83. The normalized spacial score (nSPS) is 14.1. The van der Waals surface area contributed by atoms with Gasteiger partial charge in [-0.05, 0) is 35.4 Å². The Morgan fingerprint density at radius 1 is 0.917 bits per heavy atom. The lowest BCUT2D eigenvalue weighted by molar-refractivity contribution is -0.137. The van der Waals surface area contributed by atoms with Gasteiger partial charge in [-0.15, -0.1) is 5.10 Å². The van der Waals surface area contributed by atoms with Gasteiger partial charge in [0.15, 0.2) is 0 Å². The molecule has 1 saturated heterocycles. The van der Waals surface area contributed by atoms with Crippen molar-refractivity contribution in [2.75, 3.05) is 31.1 Å². The highest BCUT2D eigenvalue weighted by atomic mass is 19.4. The van der Waals surface area contributed by atoms with Gasteiger partial charge in [-0.1, -0.05) is 47.7 Å². The number of aromatic carboxylic acids is 1. The number of carbonyl (C=O) groups is 1. The number of carboxylic acids is 1. The average Bonchev–Trinajstić information content (AvgIpc) is 3.39. The molecule has 2 heterocycles. The third-order valence-electron chi connectivity index (χ3n) is 6.11. The maximum atomic E-state index is 13.0. The van der Waals surface area contributed by atoms with Crippen molar-refractivity contribution in [1.82, 2.24) is 20.3 Å². The summed E-state index contributed by atoms with van der Waals surface area (Å²) < 4.78 is 40.4. The first-order valence-corrected chi connectivity index (χ1v) is 11.3. The van der Waals surface area contributed by atoms with Gasteiger partial charge in [-0.2, -0.15) is 13.2 Å². The number of anilines is 1. The van der Waals surface area contributed by atoms with Gasteiger partial charge < -0.3 is 15.3 Å². The van der Waals surface area contributed by atoms with Crippen molar-refractivity contribution in [3.8, 4) is 28.1 Å². The Morgan fingerprint density at radius 2 is 1.61 bits per heavy atom. The Morgan fingerprint density at radius 3 is 2.25 bits per heavy atom. The van der Waals surface area contributed by atoms with Gasteiger partial charge in [0.25, 0.3) is 0 Å². The zero-order valence-electron chi connectivity index (χ0n) is 19.0. The van der Waals surface area contributed by atoms with Crippen LogP contribution in [0.5, 0.6) is 0 Å². The number of nitrogens with one attached hydrogen (secondary N) is 1. The minimum atomic E-state index is -4.43. The SMILES string of the molecule is O=C(O)c1cc(-c2ccccc2)cc(-n2cc(-c3ccc(C(F)(F)F)cc3)nn2)c1N1CCNCC1. The minimum absolute atomic E-state index is 0.139. The van der Waals surface area contributed by atoms with Crippen LogP contribution < -0.4 is 10.2 Å². The number of nitrogens with zero attached hydrogens (tertiary/aromatic N) is 4. The first-order chi connectivity index (χ1) is 17.3. The summed E-state index contributed by atoms with van der Waals surface area (Å²) in [5.74, 6) is -1.06. The number of hydrogen-bond donors (Lipinski definition) is 2. The molecule has 184 valence electrons. The van der Waals surface area contributed by atoms with E-state index in [1.165, 1.54) is 16.8 Å². The fraction of sp³-hybridized carbons (Fsp3) is 0.192. The predicted molar refractivity (Wildman–Crippen MR) is 129 cm³/mol. The Bertz CT molecular complexity index is 1380. The molecule has 0 aliphatic carbocycles. The zero-order valence-corrected chi connectivity index (χ0v) is 19.0. The Balaban J connectivity index is 1.64. The summed E-state index contributed by atoms with van der Waals surface area (Å²) >= 11 is 0. The van der Waals surface area contributed by atoms with Crippen molar-refractivity contribution in [3.63, 3.8) is 0 Å². The summed E-state index contributed by atoms with van der Waals surface area (Å²) in [6.45, 7) is 2.62. The molecule has 7 nitrogen and oxygen atoms in total. The Hall–Kier alpha value is -4.18. The van der Waals surface area contributed by atoms with Crippen LogP contribution in [0.2, 0.25) is 0 Å². The van der Waals surface area contributed by atoms with Crippen molar-refractivity contribution in [2.24, 2.45) is 0 Å². The van der Waals surface area contributed by atoms with E-state index in [4.69, 9.17) is 0 Å². The number of alkyl halides is 3. The second kappa shape index (κ2) is 9.46. The maximum absolute atomic E-state index is 13.0. The molecule has 0 radical (unpaired) electrons. The van der Waals surface area contributed by atoms with Crippen LogP contribution >= 0.6 is 0 Å². The van der Waals surface area contributed by atoms with Crippen LogP contribution in [0.4, 0.5) is 18.9 Å². The maximum Gasteiger partial charge on any atom is 0.416 e. The lowest BCUT2D eigenvalue weighted by Gasteiger charge is -2.32. The fourth-order valence-electron chi connectivity index (χ4n) is 4.32. The molecule has 0 saturated carbocycles. The van der Waals surface area contributed by atoms with Crippen LogP contribution in [0.1, 0.15) is 15.9 Å². The molecule has 1 aliphatic rings. The topological polar surface area (TPSA) is 83.3 Å². The summed E-state index contributed by atoms with van der Waals surface area (Å²) in [6.07, 6.45) is -2.83. The molecule has 1 aliphatic heterocycles. The van der Waals surface area contributed by atoms with E-state index in [9.17, 15) is 23.1 Å². The number of carboxylic acid groups (broad SMARTS) is 1. The molecule has 0 bridgehead atoms. The molecule has 5 rings (SSSR count). The van der Waals surface area contributed by atoms with E-state index in [1.54, 1.807) is 12.3 Å². The molecular formula is C26H22F3N5O2. The van der Waals surface area contributed by atoms with Crippen LogP contribution in [0.3, 0.4) is 0 Å². The fourth-order valence-corrected chi connectivity index (χ4v) is 4.32. The van der Waals surface area contributed by atoms with Crippen molar-refractivity contribution < 1.29 is 23.1 Å². The smallest absolute Gasteiger partial charge is 0.416 e. The number of hydrogen-bond acceptors (Lipinski definition) is 5. The lowest BCUT2D eigenvalue weighted by Crippen LogP contribution is -2.44. The number of halogens is 3. The monoisotopic (exact) mass is 493 g/mol. The van der Waals surface area contributed by atoms with E-state index in [0.717, 1.165) is 17.7 Å². The largest absolute Gasteiger partial charge is 0.478 e. The third kappa shape index (κ3) is 4.67. The molecule has 36 heavy (non-hydrogen) atoms. The molecule has 3 aromatic carbocycles. The molecule has 1 fully saturated rings. The summed E-state index contributed by atoms with van der Waals surface area (Å²) in [7, 11) is 0. The summed E-state index contributed by atoms with van der Waals surface area (Å²) in [5, 5.41) is 21.8. The first kappa shape index (κ1) is 23.6. The van der Waals surface area contributed by atoms with Crippen LogP contribution in [-0.2, 0) is 6.18 Å². The van der Waals surface area contributed by atoms with Gasteiger partial charge in [0, 0.05) is 31.7 Å². The van der Waals surface area contributed by atoms with E-state index < -0.39 is 17.7 Å². The van der Waals surface area contributed by atoms with Crippen molar-refractivity contribution in [1.29, 1.82) is 0 Å². The lowest BCUT2D eigenvalue weighted by atomic mass is 9.99. The number of piperazine rings is 1. The summed E-state index contributed by atoms with van der Waals surface area (Å²) in [6, 6.07) is 17.6. The molecule has 2 N–H and O–H groups in total. The molecule has 0 atom stereocenters. The molecule has 0 spiro atoms. The zero-order chi connectivity index (χ0) is 25.3. The Labute approximate surface area is 204 Å². The second-order valence-electron chi connectivity index (χ2n) is 8.42. The van der Waals surface area contributed by atoms with E-state index in [1.807, 2.05) is 41.3 Å². The predicted octanol–water partition coefficient (Wildman–Crippen LogP) is 4.73. The van der Waals surface area contributed by atoms with Crippen LogP contribution in [0, 0.1) is 0 Å². The van der Waals surface area contributed by atoms with E-state index >= 15 is 0 Å². The third-order valence-corrected chi connectivity index (χ3v) is 6.11. The highest BCUT2D eigenvalue weighted by Crippen LogP contribution is 2.36. The highest BCUT2D eigenvalue weighted by molar-refractivity contribution is 5.99. The molecule has 4 aromatic rings. The average molecular weight is 493 g/mol. The molecule has 1 aromatic heterocycles. The molecular weight excluding hydrogens is 471 g/mol. The van der Waals surface area contributed by atoms with E-state index in [-0.39, 0.29) is 5.56 Å². The molecule has 0 unspecified atom stereocenters. The van der Waals surface area contributed by atoms with Gasteiger partial charge in [0.1, 0.15) is 5.69 Å². The van der Waals surface area contributed by atoms with Crippen LogP contribution in [0.15, 0.2) is 72.9 Å². The van der Waals surface area contributed by atoms with E-state index in [0.29, 0.717) is 54.4 Å². The van der Waals surface area contributed by atoms with Crippen molar-refractivity contribution >= 4 is 11.7 Å².